The van der Waals surface area contributed by atoms with Gasteiger partial charge in [-0.1, -0.05) is 132 Å². The molecule has 1 aliphatic heterocycles. The molecule has 2 saturated carbocycles. The Hall–Kier alpha value is -4.41. The van der Waals surface area contributed by atoms with Crippen LogP contribution in [0.2, 0.25) is 0 Å². The Morgan fingerprint density at radius 3 is 1.43 bits per heavy atom. The Labute approximate surface area is 560 Å². The maximum atomic E-state index is 15.6. The Balaban J connectivity index is 1.88. The molecule has 514 valence electrons. The number of rotatable bonds is 28. The summed E-state index contributed by atoms with van der Waals surface area (Å²) in [6.45, 7) is 43.9. The molecule has 2 fully saturated rings. The summed E-state index contributed by atoms with van der Waals surface area (Å²) in [6.07, 6.45) is 6.57. The second-order valence-corrected chi connectivity index (χ2v) is 35.3. The normalized spacial score (nSPS) is 23.5. The lowest BCUT2D eigenvalue weighted by Gasteiger charge is -2.50. The second-order valence-electron chi connectivity index (χ2n) is 30.1. The van der Waals surface area contributed by atoms with Gasteiger partial charge in [0.15, 0.2) is 0 Å². The molecule has 3 aliphatic rings. The second kappa shape index (κ2) is 33.8. The van der Waals surface area contributed by atoms with E-state index in [2.05, 4.69) is 113 Å². The number of thioether (sulfide) groups is 4. The molecule has 0 aromatic carbocycles. The molecule has 8 atom stereocenters. The minimum Gasteiger partial charge on any atom is -0.480 e. The van der Waals surface area contributed by atoms with Crippen LogP contribution in [0.25, 0.3) is 6.08 Å². The van der Waals surface area contributed by atoms with Gasteiger partial charge in [-0.05, 0) is 115 Å². The van der Waals surface area contributed by atoms with E-state index in [4.69, 9.17) is 23.9 Å². The molecule has 91 heavy (non-hydrogen) atoms. The number of aromatic nitrogens is 1. The van der Waals surface area contributed by atoms with Gasteiger partial charge in [0.2, 0.25) is 11.8 Å². The molecule has 22 heteroatoms. The lowest BCUT2D eigenvalue weighted by atomic mass is 9.59. The van der Waals surface area contributed by atoms with Crippen molar-refractivity contribution in [3.8, 4) is 0 Å². The number of aliphatic carboxylic acids is 2. The van der Waals surface area contributed by atoms with Crippen molar-refractivity contribution >= 4 is 112 Å². The van der Waals surface area contributed by atoms with Gasteiger partial charge in [0.05, 0.1) is 22.6 Å². The van der Waals surface area contributed by atoms with Crippen molar-refractivity contribution < 1.29 is 67.5 Å². The SMILES string of the molecule is CCCC(=O)OCCSC(C)C(=O)Nc1[nH]c(C=C2N=C(NC(=O)C(C)SCCOC(=O)CCSC(C(=O)O)C(SC)C(=O)O)C(C(=O)OC3C(C(C)(C)C)CC(C)CC3C(C)(C)C)=C2C(C)C)c(C(C)C)c1C(=O)OC1C(C(C)(C)C)CC(C)CC1C(C)(C)C. The molecular formula is C69H110N4O14S4. The smallest absolute Gasteiger partial charge is 0.342 e. The number of amides is 2. The highest BCUT2D eigenvalue weighted by Crippen LogP contribution is 2.52. The number of ether oxygens (including phenoxy) is 4. The highest BCUT2D eigenvalue weighted by Gasteiger charge is 2.51. The summed E-state index contributed by atoms with van der Waals surface area (Å²) in [5, 5.41) is 21.4. The molecule has 0 spiro atoms. The molecule has 0 saturated heterocycles. The standard InChI is InChI=1S/C69H110N4O14S4/c1-23-24-48(74)84-26-29-89-40(8)60(76)72-58-52(64(82)86-54-42(66(10,11)12)31-38(6)32-43(54)67(13,14)15)50(36(2)3)46(70-58)35-47-51(37(4)5)53(65(83)87-55-44(68(16,17)18)33-39(7)34-45(55)69(19,20)21)59(71-47)73-61(77)41(9)90-30-27-85-49(75)25-28-91-57(63(80)81)56(88-22)62(78)79/h35-45,54-57,70H,23-34H2,1-22H3,(H,72,76)(H,78,79)(H,80,81)(H,71,73,77). The molecule has 1 aromatic heterocycles. The molecule has 4 rings (SSSR count). The van der Waals surface area contributed by atoms with Crippen molar-refractivity contribution in [1.29, 1.82) is 0 Å². The molecule has 2 amide bonds. The number of esters is 4. The first-order chi connectivity index (χ1) is 42.0. The fourth-order valence-electron chi connectivity index (χ4n) is 12.9. The monoisotopic (exact) mass is 1350 g/mol. The van der Waals surface area contributed by atoms with E-state index in [1.165, 1.54) is 29.8 Å². The zero-order valence-electron chi connectivity index (χ0n) is 58.5. The number of H-pyrrole nitrogens is 1. The van der Waals surface area contributed by atoms with Crippen molar-refractivity contribution in [2.75, 3.05) is 42.0 Å². The molecule has 0 bridgehead atoms. The predicted octanol–water partition coefficient (Wildman–Crippen LogP) is 14.4. The quantitative estimate of drug-likeness (QED) is 0.0296. The van der Waals surface area contributed by atoms with Crippen LogP contribution in [-0.2, 0) is 52.5 Å². The number of anilines is 1. The number of nitrogens with zero attached hydrogens (tertiary/aromatic N) is 1. The number of carboxylic acid groups (broad SMARTS) is 2. The number of carboxylic acids is 2. The first-order valence-corrected chi connectivity index (χ1v) is 37.0. The summed E-state index contributed by atoms with van der Waals surface area (Å²) >= 11 is 4.28. The van der Waals surface area contributed by atoms with Crippen LogP contribution in [0.3, 0.4) is 0 Å². The molecule has 8 unspecified atom stereocenters. The van der Waals surface area contributed by atoms with Crippen molar-refractivity contribution in [3.63, 3.8) is 0 Å². The van der Waals surface area contributed by atoms with E-state index in [9.17, 15) is 39.0 Å². The third-order valence-electron chi connectivity index (χ3n) is 17.8. The Morgan fingerprint density at radius 1 is 0.604 bits per heavy atom. The Kier molecular flexibility index (Phi) is 29.4. The Morgan fingerprint density at radius 2 is 1.03 bits per heavy atom. The lowest BCUT2D eigenvalue weighted by molar-refractivity contribution is -0.164. The summed E-state index contributed by atoms with van der Waals surface area (Å²) in [4.78, 5) is 117. The number of aromatic amines is 1. The van der Waals surface area contributed by atoms with Gasteiger partial charge in [0, 0.05) is 53.0 Å². The van der Waals surface area contributed by atoms with Gasteiger partial charge in [-0.2, -0.15) is 0 Å². The van der Waals surface area contributed by atoms with Gasteiger partial charge < -0.3 is 44.8 Å². The molecular weight excluding hydrogens is 1240 g/mol. The molecule has 1 aromatic rings. The van der Waals surface area contributed by atoms with Gasteiger partial charge in [-0.25, -0.2) is 14.6 Å². The number of amidine groups is 1. The van der Waals surface area contributed by atoms with E-state index in [-0.39, 0.29) is 117 Å². The van der Waals surface area contributed by atoms with Crippen molar-refractivity contribution in [2.45, 2.75) is 229 Å². The number of nitrogens with one attached hydrogen (secondary N) is 3. The van der Waals surface area contributed by atoms with Crippen molar-refractivity contribution in [2.24, 2.45) is 68.1 Å². The van der Waals surface area contributed by atoms with E-state index in [1.54, 1.807) is 19.9 Å². The van der Waals surface area contributed by atoms with E-state index < -0.39 is 74.9 Å². The summed E-state index contributed by atoms with van der Waals surface area (Å²) < 4.78 is 24.7. The number of hydrogen-bond donors (Lipinski definition) is 5. The highest BCUT2D eigenvalue weighted by molar-refractivity contribution is 8.04. The van der Waals surface area contributed by atoms with Crippen LogP contribution in [0.4, 0.5) is 5.82 Å². The maximum Gasteiger partial charge on any atom is 0.342 e. The average Bonchev–Trinajstić information content (AvgIpc) is 1.75. The van der Waals surface area contributed by atoms with Gasteiger partial charge in [0.25, 0.3) is 0 Å². The van der Waals surface area contributed by atoms with E-state index in [0.29, 0.717) is 53.0 Å². The van der Waals surface area contributed by atoms with Crippen LogP contribution in [0, 0.1) is 63.1 Å². The van der Waals surface area contributed by atoms with Crippen molar-refractivity contribution in [3.05, 3.63) is 33.7 Å². The minimum atomic E-state index is -1.29. The van der Waals surface area contributed by atoms with Gasteiger partial charge in [-0.3, -0.25) is 28.8 Å². The van der Waals surface area contributed by atoms with Crippen LogP contribution < -0.4 is 10.6 Å². The van der Waals surface area contributed by atoms with Gasteiger partial charge in [-0.15, -0.1) is 47.0 Å². The molecule has 2 aliphatic carbocycles. The highest BCUT2D eigenvalue weighted by atomic mass is 32.2. The third-order valence-corrected chi connectivity index (χ3v) is 22.5. The fourth-order valence-corrected chi connectivity index (χ4v) is 16.5. The van der Waals surface area contributed by atoms with E-state index >= 15 is 9.59 Å². The molecule has 18 nitrogen and oxygen atoms in total. The van der Waals surface area contributed by atoms with E-state index in [0.717, 1.165) is 49.2 Å². The van der Waals surface area contributed by atoms with Crippen LogP contribution >= 0.6 is 47.0 Å². The lowest BCUT2D eigenvalue weighted by Crippen LogP contribution is -2.50. The minimum absolute atomic E-state index is 0.00699. The van der Waals surface area contributed by atoms with Gasteiger partial charge in [0.1, 0.15) is 58.7 Å². The van der Waals surface area contributed by atoms with Crippen molar-refractivity contribution in [1.82, 2.24) is 10.3 Å². The first kappa shape index (κ1) is 79.0. The average molecular weight is 1350 g/mol. The number of hydrogen-bond acceptors (Lipinski definition) is 17. The number of aliphatic imine (C=N–C) groups is 1. The zero-order valence-corrected chi connectivity index (χ0v) is 61.8. The maximum absolute atomic E-state index is 15.6. The van der Waals surface area contributed by atoms with Crippen LogP contribution in [-0.4, -0.2) is 139 Å². The third kappa shape index (κ3) is 22.1. The van der Waals surface area contributed by atoms with Crippen LogP contribution in [0.15, 0.2) is 21.8 Å². The summed E-state index contributed by atoms with van der Waals surface area (Å²) in [5.74, 6) is -4.78. The zero-order chi connectivity index (χ0) is 69.0. The molecule has 5 N–H and O–H groups in total. The number of carbonyl (C=O) groups excluding carboxylic acids is 6. The van der Waals surface area contributed by atoms with E-state index in [1.807, 2.05) is 34.6 Å². The summed E-state index contributed by atoms with van der Waals surface area (Å²) in [5.41, 5.74) is 1.15. The predicted molar refractivity (Wildman–Crippen MR) is 371 cm³/mol. The summed E-state index contributed by atoms with van der Waals surface area (Å²) in [6, 6.07) is 0. The Bertz CT molecular complexity index is 2780. The molecule has 2 heterocycles. The fraction of sp³-hybridized carbons (Fsp3) is 0.754. The number of allylic oxidation sites excluding steroid dienone is 1. The van der Waals surface area contributed by atoms with Crippen LogP contribution in [0.5, 0.6) is 0 Å². The van der Waals surface area contributed by atoms with Crippen LogP contribution in [0.1, 0.15) is 218 Å². The molecule has 0 radical (unpaired) electrons. The number of carbonyl (C=O) groups is 8. The topological polar surface area (TPSA) is 266 Å². The first-order valence-electron chi connectivity index (χ1n) is 32.5. The largest absolute Gasteiger partial charge is 0.480 e. The summed E-state index contributed by atoms with van der Waals surface area (Å²) in [7, 11) is 0. The van der Waals surface area contributed by atoms with Gasteiger partial charge >= 0.3 is 35.8 Å².